The van der Waals surface area contributed by atoms with E-state index in [0.717, 1.165) is 37.1 Å². The quantitative estimate of drug-likeness (QED) is 0.859. The van der Waals surface area contributed by atoms with Crippen LogP contribution in [0, 0.1) is 11.8 Å². The van der Waals surface area contributed by atoms with Gasteiger partial charge in [-0.05, 0) is 31.0 Å². The normalized spacial score (nSPS) is 15.1. The van der Waals surface area contributed by atoms with E-state index in [1.165, 1.54) is 0 Å². The maximum atomic E-state index is 11.9. The van der Waals surface area contributed by atoms with Crippen LogP contribution < -0.4 is 4.74 Å². The van der Waals surface area contributed by atoms with Gasteiger partial charge in [0.2, 0.25) is 5.91 Å². The van der Waals surface area contributed by atoms with Gasteiger partial charge in [-0.25, -0.2) is 0 Å². The van der Waals surface area contributed by atoms with E-state index in [9.17, 15) is 4.79 Å². The first-order chi connectivity index (χ1) is 10.3. The summed E-state index contributed by atoms with van der Waals surface area (Å²) in [5.74, 6) is 6.43. The molecule has 1 amide bonds. The molecule has 1 saturated heterocycles. The van der Waals surface area contributed by atoms with E-state index in [1.807, 2.05) is 29.2 Å². The summed E-state index contributed by atoms with van der Waals surface area (Å²) < 4.78 is 5.69. The third kappa shape index (κ3) is 5.13. The number of hydrogen-bond donors (Lipinski definition) is 1. The molecule has 1 aliphatic rings. The second-order valence-electron chi connectivity index (χ2n) is 5.03. The second-order valence-corrected chi connectivity index (χ2v) is 5.03. The van der Waals surface area contributed by atoms with Crippen molar-refractivity contribution in [2.75, 3.05) is 26.3 Å². The van der Waals surface area contributed by atoms with Crippen molar-refractivity contribution in [3.63, 3.8) is 0 Å². The van der Waals surface area contributed by atoms with Crippen LogP contribution in [0.25, 0.3) is 0 Å². The van der Waals surface area contributed by atoms with E-state index in [0.29, 0.717) is 19.6 Å². The molecule has 1 aliphatic heterocycles. The highest BCUT2D eigenvalue weighted by molar-refractivity contribution is 5.76. The molecular weight excluding hydrogens is 266 g/mol. The molecule has 1 heterocycles. The zero-order chi connectivity index (χ0) is 14.9. The molecule has 0 bridgehead atoms. The fourth-order valence-electron chi connectivity index (χ4n) is 2.35. The minimum absolute atomic E-state index is 0.151. The molecule has 0 aliphatic carbocycles. The zero-order valence-electron chi connectivity index (χ0n) is 12.2. The van der Waals surface area contributed by atoms with Crippen LogP contribution in [0.1, 0.15) is 31.2 Å². The Labute approximate surface area is 125 Å². The summed E-state index contributed by atoms with van der Waals surface area (Å²) >= 11 is 0. The van der Waals surface area contributed by atoms with Gasteiger partial charge < -0.3 is 14.7 Å². The van der Waals surface area contributed by atoms with Crippen LogP contribution in [0.15, 0.2) is 24.3 Å². The molecule has 4 nitrogen and oxygen atoms in total. The maximum absolute atomic E-state index is 11.9. The Morgan fingerprint density at radius 2 is 2.19 bits per heavy atom. The van der Waals surface area contributed by atoms with Crippen LogP contribution >= 0.6 is 0 Å². The number of benzene rings is 1. The minimum Gasteiger partial charge on any atom is -0.492 e. The fraction of sp³-hybridized carbons (Fsp3) is 0.471. The van der Waals surface area contributed by atoms with E-state index in [4.69, 9.17) is 9.84 Å². The number of nitrogens with zero attached hydrogens (tertiary/aromatic N) is 1. The first-order valence-corrected chi connectivity index (χ1v) is 7.40. The van der Waals surface area contributed by atoms with E-state index in [2.05, 4.69) is 11.8 Å². The van der Waals surface area contributed by atoms with Crippen molar-refractivity contribution in [3.05, 3.63) is 29.8 Å². The summed E-state index contributed by atoms with van der Waals surface area (Å²) in [6.07, 6.45) is 3.88. The molecule has 0 unspecified atom stereocenters. The van der Waals surface area contributed by atoms with Crippen LogP contribution in [-0.2, 0) is 4.79 Å². The number of hydrogen-bond acceptors (Lipinski definition) is 3. The molecule has 0 radical (unpaired) electrons. The van der Waals surface area contributed by atoms with Crippen molar-refractivity contribution >= 4 is 5.91 Å². The lowest BCUT2D eigenvalue weighted by Gasteiger charge is -2.20. The predicted molar refractivity (Wildman–Crippen MR) is 80.9 cm³/mol. The first-order valence-electron chi connectivity index (χ1n) is 7.40. The highest BCUT2D eigenvalue weighted by Gasteiger charge is 2.15. The van der Waals surface area contributed by atoms with Gasteiger partial charge in [0.1, 0.15) is 19.0 Å². The molecule has 112 valence electrons. The molecule has 21 heavy (non-hydrogen) atoms. The van der Waals surface area contributed by atoms with Crippen molar-refractivity contribution in [2.45, 2.75) is 25.7 Å². The third-order valence-corrected chi connectivity index (χ3v) is 3.45. The highest BCUT2D eigenvalue weighted by Crippen LogP contribution is 2.14. The van der Waals surface area contributed by atoms with Gasteiger partial charge in [0, 0.05) is 18.5 Å². The number of carbonyl (C=O) groups excluding carboxylic acids is 1. The van der Waals surface area contributed by atoms with Crippen LogP contribution in [0.2, 0.25) is 0 Å². The molecular formula is C17H21NO3. The van der Waals surface area contributed by atoms with Gasteiger partial charge in [-0.15, -0.1) is 0 Å². The lowest BCUT2D eigenvalue weighted by atomic mass is 10.2. The van der Waals surface area contributed by atoms with E-state index in [-0.39, 0.29) is 12.5 Å². The van der Waals surface area contributed by atoms with Gasteiger partial charge in [0.15, 0.2) is 0 Å². The van der Waals surface area contributed by atoms with Crippen LogP contribution in [0.3, 0.4) is 0 Å². The summed E-state index contributed by atoms with van der Waals surface area (Å²) in [5.41, 5.74) is 0.812. The van der Waals surface area contributed by atoms with E-state index < -0.39 is 0 Å². The van der Waals surface area contributed by atoms with Crippen molar-refractivity contribution in [3.8, 4) is 17.6 Å². The number of carbonyl (C=O) groups is 1. The first kappa shape index (κ1) is 15.4. The number of aliphatic hydroxyl groups excluding tert-OH is 1. The number of ether oxygens (including phenoxy) is 1. The third-order valence-electron chi connectivity index (χ3n) is 3.45. The summed E-state index contributed by atoms with van der Waals surface area (Å²) in [5, 5.41) is 8.69. The Morgan fingerprint density at radius 3 is 3.05 bits per heavy atom. The Kier molecular flexibility index (Phi) is 6.11. The van der Waals surface area contributed by atoms with Gasteiger partial charge in [-0.1, -0.05) is 24.3 Å². The summed E-state index contributed by atoms with van der Waals surface area (Å²) in [6.45, 7) is 1.81. The topological polar surface area (TPSA) is 49.8 Å². The Hall–Kier alpha value is -1.99. The fourth-order valence-corrected chi connectivity index (χ4v) is 2.35. The van der Waals surface area contributed by atoms with E-state index in [1.54, 1.807) is 0 Å². The molecule has 0 spiro atoms. The maximum Gasteiger partial charge on any atom is 0.222 e. The van der Waals surface area contributed by atoms with Crippen LogP contribution in [0.4, 0.5) is 0 Å². The largest absolute Gasteiger partial charge is 0.492 e. The monoisotopic (exact) mass is 287 g/mol. The molecule has 0 saturated carbocycles. The van der Waals surface area contributed by atoms with Gasteiger partial charge >= 0.3 is 0 Å². The molecule has 1 N–H and O–H groups in total. The molecule has 1 aromatic rings. The minimum atomic E-state index is -0.151. The average molecular weight is 287 g/mol. The van der Waals surface area contributed by atoms with Crippen LogP contribution in [-0.4, -0.2) is 42.2 Å². The Bertz CT molecular complexity index is 530. The van der Waals surface area contributed by atoms with Crippen molar-refractivity contribution in [1.29, 1.82) is 0 Å². The molecule has 0 aromatic heterocycles. The average Bonchev–Trinajstić information content (AvgIpc) is 2.71. The molecule has 2 rings (SSSR count). The summed E-state index contributed by atoms with van der Waals surface area (Å²) in [6, 6.07) is 7.45. The van der Waals surface area contributed by atoms with Gasteiger partial charge in [-0.3, -0.25) is 4.79 Å². The van der Waals surface area contributed by atoms with E-state index >= 15 is 0 Å². The lowest BCUT2D eigenvalue weighted by molar-refractivity contribution is -0.131. The smallest absolute Gasteiger partial charge is 0.222 e. The van der Waals surface area contributed by atoms with Gasteiger partial charge in [0.25, 0.3) is 0 Å². The van der Waals surface area contributed by atoms with Crippen molar-refractivity contribution < 1.29 is 14.6 Å². The number of rotatable bonds is 4. The van der Waals surface area contributed by atoms with Crippen LogP contribution in [0.5, 0.6) is 5.75 Å². The number of likely N-dealkylation sites (tertiary alicyclic amines) is 1. The summed E-state index contributed by atoms with van der Waals surface area (Å²) in [7, 11) is 0. The lowest BCUT2D eigenvalue weighted by Crippen LogP contribution is -2.34. The van der Waals surface area contributed by atoms with Crippen molar-refractivity contribution in [1.82, 2.24) is 4.90 Å². The molecule has 4 heteroatoms. The molecule has 1 aromatic carbocycles. The van der Waals surface area contributed by atoms with Crippen molar-refractivity contribution in [2.24, 2.45) is 0 Å². The number of amides is 1. The predicted octanol–water partition coefficient (Wildman–Crippen LogP) is 1.81. The molecule has 0 atom stereocenters. The van der Waals surface area contributed by atoms with Gasteiger partial charge in [0.05, 0.1) is 6.54 Å². The zero-order valence-corrected chi connectivity index (χ0v) is 12.2. The standard InChI is InChI=1S/C17H21NO3/c19-12-5-7-15-6-4-8-16(14-15)21-13-11-18-10-3-1-2-9-17(18)20/h4,6,8,14,19H,1-3,9-13H2. The Balaban J connectivity index is 1.83. The molecule has 1 fully saturated rings. The highest BCUT2D eigenvalue weighted by atomic mass is 16.5. The summed E-state index contributed by atoms with van der Waals surface area (Å²) in [4.78, 5) is 13.7. The Morgan fingerprint density at radius 1 is 1.29 bits per heavy atom. The number of aliphatic hydroxyl groups is 1. The second kappa shape index (κ2) is 8.33. The SMILES string of the molecule is O=C1CCCCCN1CCOc1cccc(C#CCO)c1. The van der Waals surface area contributed by atoms with Gasteiger partial charge in [-0.2, -0.15) is 0 Å².